The maximum absolute atomic E-state index is 13.3. The van der Waals surface area contributed by atoms with Crippen molar-refractivity contribution in [3.8, 4) is 0 Å². The lowest BCUT2D eigenvalue weighted by Gasteiger charge is -2.29. The van der Waals surface area contributed by atoms with Crippen LogP contribution in [0.1, 0.15) is 35.3 Å². The van der Waals surface area contributed by atoms with E-state index in [2.05, 4.69) is 41.4 Å². The average Bonchev–Trinajstić information content (AvgIpc) is 3.60. The van der Waals surface area contributed by atoms with Crippen molar-refractivity contribution in [1.29, 1.82) is 0 Å². The summed E-state index contributed by atoms with van der Waals surface area (Å²) in [5, 5.41) is 12.3. The smallest absolute Gasteiger partial charge is 0.269 e. The highest BCUT2D eigenvalue weighted by molar-refractivity contribution is 9.10. The van der Waals surface area contributed by atoms with Crippen LogP contribution >= 0.6 is 27.5 Å². The zero-order valence-electron chi connectivity index (χ0n) is 18.9. The predicted molar refractivity (Wildman–Crippen MR) is 137 cm³/mol. The minimum absolute atomic E-state index is 0.0937. The number of benzene rings is 1. The molecule has 35 heavy (non-hydrogen) atoms. The molecule has 3 N–H and O–H groups in total. The van der Waals surface area contributed by atoms with E-state index in [1.165, 1.54) is 0 Å². The van der Waals surface area contributed by atoms with Crippen molar-refractivity contribution in [2.45, 2.75) is 25.7 Å². The van der Waals surface area contributed by atoms with E-state index in [4.69, 9.17) is 11.6 Å². The number of nitrogens with zero attached hydrogens (tertiary/aromatic N) is 3. The number of carbonyl (C=O) groups excluding carboxylic acids is 2. The third-order valence-corrected chi connectivity index (χ3v) is 8.42. The Morgan fingerprint density at radius 1 is 1.31 bits per heavy atom. The Balaban J connectivity index is 1.16. The fourth-order valence-corrected chi connectivity index (χ4v) is 6.42. The fraction of sp³-hybridized carbons (Fsp3) is 0.360. The summed E-state index contributed by atoms with van der Waals surface area (Å²) in [4.78, 5) is 35.8. The van der Waals surface area contributed by atoms with Gasteiger partial charge in [0.05, 0.1) is 11.4 Å². The maximum Gasteiger partial charge on any atom is 0.269 e. The molecule has 1 aromatic carbocycles. The highest BCUT2D eigenvalue weighted by atomic mass is 79.9. The number of para-hydroxylation sites is 1. The van der Waals surface area contributed by atoms with Gasteiger partial charge in [0.1, 0.15) is 16.9 Å². The maximum atomic E-state index is 13.3. The molecule has 180 valence electrons. The molecule has 3 aromatic heterocycles. The Bertz CT molecular complexity index is 1460. The Morgan fingerprint density at radius 2 is 2.20 bits per heavy atom. The second-order valence-corrected chi connectivity index (χ2v) is 11.0. The first-order valence-electron chi connectivity index (χ1n) is 11.7. The highest BCUT2D eigenvalue weighted by Gasteiger charge is 2.50. The number of carbonyl (C=O) groups is 2. The molecule has 0 bridgehead atoms. The summed E-state index contributed by atoms with van der Waals surface area (Å²) in [7, 11) is 0. The highest BCUT2D eigenvalue weighted by Crippen LogP contribution is 2.48. The zero-order chi connectivity index (χ0) is 24.2. The van der Waals surface area contributed by atoms with Crippen molar-refractivity contribution in [2.24, 2.45) is 11.3 Å². The third-order valence-electron chi connectivity index (χ3n) is 7.68. The van der Waals surface area contributed by atoms with Crippen LogP contribution in [0.3, 0.4) is 0 Å². The standard InChI is InChI=1S/C25H24BrClN6O2/c26-16-8-18-14(9-28-23(18)29-10-16)7-20(34)33-11-15-3-2-6-25(15,13-33)12-30-24(35)22-17-4-1-5-19(27)21(17)31-32-22/h1,4-5,8-10,15H,2-3,6-7,11-13H2,(H,28,29)(H,30,35)(H,31,32)/t15-,25+/m0/s1. The molecule has 10 heteroatoms. The molecule has 8 nitrogen and oxygen atoms in total. The van der Waals surface area contributed by atoms with E-state index >= 15 is 0 Å². The molecule has 2 amide bonds. The van der Waals surface area contributed by atoms with Gasteiger partial charge in [-0.25, -0.2) is 4.98 Å². The zero-order valence-corrected chi connectivity index (χ0v) is 21.2. The average molecular weight is 556 g/mol. The number of halogens is 2. The van der Waals surface area contributed by atoms with E-state index in [9.17, 15) is 9.59 Å². The minimum Gasteiger partial charge on any atom is -0.350 e. The Morgan fingerprint density at radius 3 is 3.09 bits per heavy atom. The van der Waals surface area contributed by atoms with Gasteiger partial charge in [0, 0.05) is 52.7 Å². The molecule has 4 aromatic rings. The summed E-state index contributed by atoms with van der Waals surface area (Å²) >= 11 is 9.67. The molecule has 1 aliphatic carbocycles. The summed E-state index contributed by atoms with van der Waals surface area (Å²) in [5.41, 5.74) is 2.64. The molecule has 1 saturated carbocycles. The van der Waals surface area contributed by atoms with Gasteiger partial charge in [0.25, 0.3) is 5.91 Å². The molecule has 2 aliphatic rings. The normalized spacial score (nSPS) is 21.7. The van der Waals surface area contributed by atoms with Crippen molar-refractivity contribution in [3.63, 3.8) is 0 Å². The number of aromatic nitrogens is 4. The third kappa shape index (κ3) is 3.90. The van der Waals surface area contributed by atoms with E-state index in [1.54, 1.807) is 12.3 Å². The van der Waals surface area contributed by atoms with Crippen LogP contribution in [0, 0.1) is 11.3 Å². The number of hydrogen-bond acceptors (Lipinski definition) is 4. The van der Waals surface area contributed by atoms with Crippen molar-refractivity contribution in [2.75, 3.05) is 19.6 Å². The van der Waals surface area contributed by atoms with Gasteiger partial charge in [-0.3, -0.25) is 14.7 Å². The number of likely N-dealkylation sites (tertiary alicyclic amines) is 1. The van der Waals surface area contributed by atoms with Gasteiger partial charge in [-0.2, -0.15) is 5.10 Å². The summed E-state index contributed by atoms with van der Waals surface area (Å²) < 4.78 is 0.885. The van der Waals surface area contributed by atoms with Gasteiger partial charge in [0.2, 0.25) is 5.91 Å². The van der Waals surface area contributed by atoms with Crippen molar-refractivity contribution in [3.05, 3.63) is 57.4 Å². The van der Waals surface area contributed by atoms with Gasteiger partial charge < -0.3 is 15.2 Å². The van der Waals surface area contributed by atoms with Crippen LogP contribution in [0.5, 0.6) is 0 Å². The van der Waals surface area contributed by atoms with Crippen molar-refractivity contribution in [1.82, 2.24) is 30.4 Å². The molecule has 2 fully saturated rings. The summed E-state index contributed by atoms with van der Waals surface area (Å²) in [6.45, 7) is 1.93. The van der Waals surface area contributed by atoms with Gasteiger partial charge in [0.15, 0.2) is 0 Å². The van der Waals surface area contributed by atoms with Crippen LogP contribution in [-0.4, -0.2) is 56.5 Å². The molecule has 1 aliphatic heterocycles. The number of rotatable bonds is 5. The molecular weight excluding hydrogens is 532 g/mol. The second kappa shape index (κ2) is 8.64. The van der Waals surface area contributed by atoms with Gasteiger partial charge in [-0.1, -0.05) is 30.2 Å². The second-order valence-electron chi connectivity index (χ2n) is 9.68. The molecule has 6 rings (SSSR count). The molecule has 0 spiro atoms. The monoisotopic (exact) mass is 554 g/mol. The Hall–Kier alpha value is -2.91. The number of aromatic amines is 2. The Kier molecular flexibility index (Phi) is 5.56. The number of hydrogen-bond donors (Lipinski definition) is 3. The SMILES string of the molecule is O=C(NC[C@@]12CCC[C@H]1CN(C(=O)Cc1c[nH]c3ncc(Br)cc13)C2)c1[nH]nc2c(Cl)cccc12. The number of pyridine rings is 1. The minimum atomic E-state index is -0.198. The topological polar surface area (TPSA) is 107 Å². The van der Waals surface area contributed by atoms with Gasteiger partial charge in [-0.05, 0) is 52.4 Å². The van der Waals surface area contributed by atoms with Crippen LogP contribution in [-0.2, 0) is 11.2 Å². The van der Waals surface area contributed by atoms with E-state index in [0.717, 1.165) is 46.9 Å². The first-order chi connectivity index (χ1) is 16.9. The van der Waals surface area contributed by atoms with Crippen LogP contribution in [0.15, 0.2) is 41.1 Å². The summed E-state index contributed by atoms with van der Waals surface area (Å²) in [6, 6.07) is 7.39. The fourth-order valence-electron chi connectivity index (χ4n) is 5.87. The van der Waals surface area contributed by atoms with Crippen molar-refractivity contribution < 1.29 is 9.59 Å². The summed E-state index contributed by atoms with van der Waals surface area (Å²) in [5.74, 6) is 0.301. The van der Waals surface area contributed by atoms with Crippen LogP contribution < -0.4 is 5.32 Å². The van der Waals surface area contributed by atoms with Gasteiger partial charge >= 0.3 is 0 Å². The molecule has 0 unspecified atom stereocenters. The molecule has 1 saturated heterocycles. The summed E-state index contributed by atoms with van der Waals surface area (Å²) in [6.07, 6.45) is 7.13. The van der Waals surface area contributed by atoms with Crippen molar-refractivity contribution >= 4 is 61.3 Å². The van der Waals surface area contributed by atoms with Crippen LogP contribution in [0.4, 0.5) is 0 Å². The molecule has 4 heterocycles. The molecule has 0 radical (unpaired) electrons. The lowest BCUT2D eigenvalue weighted by Crippen LogP contribution is -2.41. The number of fused-ring (bicyclic) bond motifs is 3. The Labute approximate surface area is 214 Å². The van der Waals surface area contributed by atoms with E-state index in [0.29, 0.717) is 47.0 Å². The first kappa shape index (κ1) is 22.5. The number of amides is 2. The first-order valence-corrected chi connectivity index (χ1v) is 12.9. The largest absolute Gasteiger partial charge is 0.350 e. The van der Waals surface area contributed by atoms with Gasteiger partial charge in [-0.15, -0.1) is 0 Å². The molecule has 2 atom stereocenters. The molecular formula is C25H24BrClN6O2. The predicted octanol–water partition coefficient (Wildman–Crippen LogP) is 4.46. The number of H-pyrrole nitrogens is 2. The van der Waals surface area contributed by atoms with E-state index < -0.39 is 0 Å². The number of nitrogens with one attached hydrogen (secondary N) is 3. The van der Waals surface area contributed by atoms with E-state index in [1.807, 2.05) is 29.3 Å². The lowest BCUT2D eigenvalue weighted by molar-refractivity contribution is -0.129. The quantitative estimate of drug-likeness (QED) is 0.338. The lowest BCUT2D eigenvalue weighted by atomic mass is 9.80. The van der Waals surface area contributed by atoms with E-state index in [-0.39, 0.29) is 17.2 Å². The van der Waals surface area contributed by atoms with Crippen LogP contribution in [0.2, 0.25) is 5.02 Å². The van der Waals surface area contributed by atoms with Crippen LogP contribution in [0.25, 0.3) is 21.9 Å².